The van der Waals surface area contributed by atoms with Crippen molar-refractivity contribution >= 4 is 17.7 Å². The summed E-state index contributed by atoms with van der Waals surface area (Å²) < 4.78 is 0. The first-order valence-corrected chi connectivity index (χ1v) is 10.2. The van der Waals surface area contributed by atoms with Gasteiger partial charge in [0.15, 0.2) is 0 Å². The van der Waals surface area contributed by atoms with Gasteiger partial charge in [0.1, 0.15) is 0 Å². The summed E-state index contributed by atoms with van der Waals surface area (Å²) >= 11 is 1.93. The summed E-state index contributed by atoms with van der Waals surface area (Å²) in [5.74, 6) is 2.39. The number of hydrogen-bond donors (Lipinski definition) is 1. The van der Waals surface area contributed by atoms with Crippen LogP contribution >= 0.6 is 11.8 Å². The van der Waals surface area contributed by atoms with Crippen molar-refractivity contribution in [2.75, 3.05) is 37.7 Å². The van der Waals surface area contributed by atoms with Crippen molar-refractivity contribution in [2.24, 2.45) is 0 Å². The van der Waals surface area contributed by atoms with Crippen LogP contribution in [-0.2, 0) is 11.2 Å². The van der Waals surface area contributed by atoms with Gasteiger partial charge in [-0.05, 0) is 37.8 Å². The average Bonchev–Trinajstić information content (AvgIpc) is 3.09. The Morgan fingerprint density at radius 2 is 1.96 bits per heavy atom. The number of rotatable bonds is 6. The largest absolute Gasteiger partial charge is 0.392 e. The third-order valence-electron chi connectivity index (χ3n) is 5.03. The van der Waals surface area contributed by atoms with Crippen LogP contribution in [0, 0.1) is 0 Å². The van der Waals surface area contributed by atoms with E-state index < -0.39 is 0 Å². The van der Waals surface area contributed by atoms with Crippen LogP contribution in [0.3, 0.4) is 0 Å². The van der Waals surface area contributed by atoms with Crippen LogP contribution in [0.4, 0.5) is 0 Å². The molecule has 2 aliphatic heterocycles. The Morgan fingerprint density at radius 3 is 2.71 bits per heavy atom. The number of carbonyl (C=O) groups excluding carboxylic acids is 1. The van der Waals surface area contributed by atoms with Gasteiger partial charge in [-0.25, -0.2) is 0 Å². The number of hydrogen-bond acceptors (Lipinski definition) is 4. The minimum Gasteiger partial charge on any atom is -0.392 e. The van der Waals surface area contributed by atoms with Crippen molar-refractivity contribution in [3.05, 3.63) is 35.9 Å². The number of amides is 1. The number of benzene rings is 1. The number of likely N-dealkylation sites (tertiary alicyclic amines) is 1. The van der Waals surface area contributed by atoms with Crippen molar-refractivity contribution in [2.45, 2.75) is 37.8 Å². The first-order chi connectivity index (χ1) is 11.7. The number of aryl methyl sites for hydroxylation is 1. The van der Waals surface area contributed by atoms with Gasteiger partial charge < -0.3 is 10.0 Å². The molecule has 0 spiro atoms. The second-order valence-electron chi connectivity index (χ2n) is 6.77. The Bertz CT molecular complexity index is 519. The summed E-state index contributed by atoms with van der Waals surface area (Å²) in [6.07, 6.45) is 3.27. The Kier molecular flexibility index (Phi) is 6.58. The highest BCUT2D eigenvalue weighted by Crippen LogP contribution is 2.22. The molecule has 0 radical (unpaired) electrons. The van der Waals surface area contributed by atoms with Crippen LogP contribution in [0.25, 0.3) is 0 Å². The zero-order chi connectivity index (χ0) is 16.8. The molecular formula is C19H28N2O2S. The van der Waals surface area contributed by atoms with E-state index in [1.54, 1.807) is 0 Å². The highest BCUT2D eigenvalue weighted by molar-refractivity contribution is 7.99. The zero-order valence-corrected chi connectivity index (χ0v) is 15.1. The van der Waals surface area contributed by atoms with Gasteiger partial charge in [0.05, 0.1) is 12.1 Å². The van der Waals surface area contributed by atoms with Gasteiger partial charge in [-0.15, -0.1) is 0 Å². The molecule has 0 aromatic heterocycles. The van der Waals surface area contributed by atoms with E-state index in [-0.39, 0.29) is 18.1 Å². The van der Waals surface area contributed by atoms with Crippen molar-refractivity contribution in [3.63, 3.8) is 0 Å². The summed E-state index contributed by atoms with van der Waals surface area (Å²) in [5, 5.41) is 10.4. The van der Waals surface area contributed by atoms with Crippen LogP contribution in [-0.4, -0.2) is 70.6 Å². The molecule has 0 saturated carbocycles. The third kappa shape index (κ3) is 4.74. The van der Waals surface area contributed by atoms with E-state index in [0.29, 0.717) is 6.54 Å². The number of thioether (sulfide) groups is 1. The number of β-amino-alcohol motifs (C(OH)–C–C–N with tert-alkyl or cyclic N) is 1. The minimum absolute atomic E-state index is 0.0144. The normalized spacial score (nSPS) is 23.4. The predicted octanol–water partition coefficient (Wildman–Crippen LogP) is 2.02. The van der Waals surface area contributed by atoms with E-state index in [1.807, 2.05) is 34.9 Å². The molecule has 2 heterocycles. The smallest absolute Gasteiger partial charge is 0.239 e. The van der Waals surface area contributed by atoms with E-state index in [0.717, 1.165) is 56.8 Å². The second kappa shape index (κ2) is 8.88. The number of aliphatic hydroxyl groups is 1. The predicted molar refractivity (Wildman–Crippen MR) is 99.3 cm³/mol. The van der Waals surface area contributed by atoms with Gasteiger partial charge in [-0.1, -0.05) is 30.3 Å². The molecule has 1 aromatic carbocycles. The van der Waals surface area contributed by atoms with Crippen molar-refractivity contribution in [3.8, 4) is 0 Å². The van der Waals surface area contributed by atoms with Crippen LogP contribution in [0.5, 0.6) is 0 Å². The van der Waals surface area contributed by atoms with Gasteiger partial charge in [0, 0.05) is 31.1 Å². The maximum Gasteiger partial charge on any atom is 0.239 e. The van der Waals surface area contributed by atoms with E-state index >= 15 is 0 Å². The first-order valence-electron chi connectivity index (χ1n) is 9.06. The Labute approximate surface area is 149 Å². The standard InChI is InChI=1S/C19H28N2O2S/c22-17(9-8-16-5-2-1-3-6-16)15-21-10-4-7-18(21)19(23)20-11-13-24-14-12-20/h1-3,5-6,17-18,22H,4,7-15H2/t17-,18-/m0/s1. The molecule has 132 valence electrons. The van der Waals surface area contributed by atoms with Gasteiger partial charge in [0.25, 0.3) is 0 Å². The summed E-state index contributed by atoms with van der Waals surface area (Å²) in [6, 6.07) is 10.3. The molecule has 0 bridgehead atoms. The third-order valence-corrected chi connectivity index (χ3v) is 5.97. The lowest BCUT2D eigenvalue weighted by Crippen LogP contribution is -2.49. The van der Waals surface area contributed by atoms with Crippen LogP contribution in [0.1, 0.15) is 24.8 Å². The lowest BCUT2D eigenvalue weighted by atomic mass is 10.1. The number of aliphatic hydroxyl groups excluding tert-OH is 1. The van der Waals surface area contributed by atoms with E-state index in [9.17, 15) is 9.90 Å². The molecule has 24 heavy (non-hydrogen) atoms. The summed E-state index contributed by atoms with van der Waals surface area (Å²) in [6.45, 7) is 3.31. The van der Waals surface area contributed by atoms with E-state index in [4.69, 9.17) is 0 Å². The number of nitrogens with zero attached hydrogens (tertiary/aromatic N) is 2. The van der Waals surface area contributed by atoms with Crippen molar-refractivity contribution in [1.82, 2.24) is 9.80 Å². The molecular weight excluding hydrogens is 320 g/mol. The average molecular weight is 349 g/mol. The highest BCUT2D eigenvalue weighted by atomic mass is 32.2. The Hall–Kier alpha value is -1.04. The second-order valence-corrected chi connectivity index (χ2v) is 7.99. The fourth-order valence-corrected chi connectivity index (χ4v) is 4.56. The first kappa shape index (κ1) is 17.8. The molecule has 3 rings (SSSR count). The lowest BCUT2D eigenvalue weighted by Gasteiger charge is -2.33. The Morgan fingerprint density at radius 1 is 1.21 bits per heavy atom. The Balaban J connectivity index is 1.48. The minimum atomic E-state index is -0.365. The maximum atomic E-state index is 12.8. The molecule has 1 amide bonds. The molecule has 2 aliphatic rings. The van der Waals surface area contributed by atoms with Gasteiger partial charge >= 0.3 is 0 Å². The van der Waals surface area contributed by atoms with Crippen molar-refractivity contribution < 1.29 is 9.90 Å². The quantitative estimate of drug-likeness (QED) is 0.854. The molecule has 1 N–H and O–H groups in total. The maximum absolute atomic E-state index is 12.8. The summed E-state index contributed by atoms with van der Waals surface area (Å²) in [7, 11) is 0. The molecule has 1 aromatic rings. The fourth-order valence-electron chi connectivity index (χ4n) is 3.66. The molecule has 2 saturated heterocycles. The van der Waals surface area contributed by atoms with E-state index in [1.165, 1.54) is 5.56 Å². The fraction of sp³-hybridized carbons (Fsp3) is 0.632. The summed E-state index contributed by atoms with van der Waals surface area (Å²) in [4.78, 5) is 17.0. The SMILES string of the molecule is O=C([C@@H]1CCCN1C[C@@H](O)CCc1ccccc1)N1CCSCC1. The van der Waals surface area contributed by atoms with E-state index in [2.05, 4.69) is 17.0 Å². The molecule has 0 unspecified atom stereocenters. The molecule has 2 fully saturated rings. The molecule has 0 aliphatic carbocycles. The van der Waals surface area contributed by atoms with Gasteiger partial charge in [0.2, 0.25) is 5.91 Å². The van der Waals surface area contributed by atoms with Crippen LogP contribution in [0.2, 0.25) is 0 Å². The van der Waals surface area contributed by atoms with Gasteiger partial charge in [-0.2, -0.15) is 11.8 Å². The van der Waals surface area contributed by atoms with Crippen molar-refractivity contribution in [1.29, 1.82) is 0 Å². The highest BCUT2D eigenvalue weighted by Gasteiger charge is 2.34. The zero-order valence-electron chi connectivity index (χ0n) is 14.3. The van der Waals surface area contributed by atoms with Crippen LogP contribution in [0.15, 0.2) is 30.3 Å². The lowest BCUT2D eigenvalue weighted by molar-refractivity contribution is -0.136. The topological polar surface area (TPSA) is 43.8 Å². The number of carbonyl (C=O) groups is 1. The molecule has 2 atom stereocenters. The van der Waals surface area contributed by atoms with Crippen LogP contribution < -0.4 is 0 Å². The summed E-state index contributed by atoms with van der Waals surface area (Å²) in [5.41, 5.74) is 1.26. The monoisotopic (exact) mass is 348 g/mol. The van der Waals surface area contributed by atoms with Gasteiger partial charge in [-0.3, -0.25) is 9.69 Å². The molecule has 5 heteroatoms. The molecule has 4 nitrogen and oxygen atoms in total.